The highest BCUT2D eigenvalue weighted by atomic mass is 19.1. The lowest BCUT2D eigenvalue weighted by atomic mass is 10.1. The zero-order chi connectivity index (χ0) is 24.8. The summed E-state index contributed by atoms with van der Waals surface area (Å²) in [5, 5.41) is 22.8. The van der Waals surface area contributed by atoms with Crippen molar-refractivity contribution >= 4 is 29.2 Å². The van der Waals surface area contributed by atoms with Crippen LogP contribution in [0.4, 0.5) is 15.8 Å². The molecule has 0 spiro atoms. The van der Waals surface area contributed by atoms with E-state index in [-0.39, 0.29) is 46.2 Å². The predicted octanol–water partition coefficient (Wildman–Crippen LogP) is 4.65. The minimum absolute atomic E-state index is 0.0112. The third-order valence-electron chi connectivity index (χ3n) is 4.45. The molecule has 0 aliphatic carbocycles. The highest BCUT2D eigenvalue weighted by molar-refractivity contribution is 6.05. The summed E-state index contributed by atoms with van der Waals surface area (Å²) < 4.78 is 24.4. The molecule has 0 atom stereocenters. The van der Waals surface area contributed by atoms with Crippen molar-refractivity contribution in [1.29, 1.82) is 0 Å². The molecule has 3 aromatic rings. The molecule has 0 unspecified atom stereocenters. The largest absolute Gasteiger partial charge is 0.478 e. The summed E-state index contributed by atoms with van der Waals surface area (Å²) in [4.78, 5) is 46.5. The molecule has 11 heteroatoms. The normalized spacial score (nSPS) is 10.3. The molecule has 0 aromatic heterocycles. The number of halogens is 1. The van der Waals surface area contributed by atoms with Gasteiger partial charge < -0.3 is 19.9 Å². The number of aromatic carboxylic acids is 1. The van der Waals surface area contributed by atoms with Gasteiger partial charge in [-0.2, -0.15) is 0 Å². The molecule has 0 saturated carbocycles. The summed E-state index contributed by atoms with van der Waals surface area (Å²) in [6.07, 6.45) is 0. The second kappa shape index (κ2) is 10.2. The fourth-order valence-electron chi connectivity index (χ4n) is 2.92. The Morgan fingerprint density at radius 1 is 1.06 bits per heavy atom. The van der Waals surface area contributed by atoms with Crippen LogP contribution in [0.5, 0.6) is 11.5 Å². The van der Waals surface area contributed by atoms with Crippen LogP contribution >= 0.6 is 0 Å². The molecule has 0 aliphatic rings. The minimum atomic E-state index is -1.40. The van der Waals surface area contributed by atoms with Crippen LogP contribution in [0.25, 0.3) is 0 Å². The summed E-state index contributed by atoms with van der Waals surface area (Å²) in [6.45, 7) is 1.63. The first kappa shape index (κ1) is 23.9. The first-order chi connectivity index (χ1) is 16.2. The molecule has 0 bridgehead atoms. The zero-order valence-electron chi connectivity index (χ0n) is 17.6. The Balaban J connectivity index is 1.91. The van der Waals surface area contributed by atoms with Crippen molar-refractivity contribution in [2.75, 3.05) is 11.9 Å². The lowest BCUT2D eigenvalue weighted by Gasteiger charge is -2.14. The lowest BCUT2D eigenvalue weighted by Crippen LogP contribution is -2.13. The van der Waals surface area contributed by atoms with Crippen molar-refractivity contribution in [2.45, 2.75) is 6.92 Å². The van der Waals surface area contributed by atoms with Gasteiger partial charge in [-0.3, -0.25) is 14.9 Å². The fourth-order valence-corrected chi connectivity index (χ4v) is 2.92. The number of nitrogens with one attached hydrogen (secondary N) is 1. The maximum atomic E-state index is 13.9. The first-order valence-corrected chi connectivity index (χ1v) is 9.77. The molecule has 0 aliphatic heterocycles. The minimum Gasteiger partial charge on any atom is -0.478 e. The zero-order valence-corrected chi connectivity index (χ0v) is 17.6. The molecule has 174 valence electrons. The number of carboxylic acid groups (broad SMARTS) is 1. The van der Waals surface area contributed by atoms with Gasteiger partial charge in [0.05, 0.1) is 28.3 Å². The van der Waals surface area contributed by atoms with E-state index in [1.165, 1.54) is 36.4 Å². The van der Waals surface area contributed by atoms with Crippen LogP contribution in [0.2, 0.25) is 0 Å². The third kappa shape index (κ3) is 5.51. The molecular weight excluding hydrogens is 451 g/mol. The number of hydrogen-bond acceptors (Lipinski definition) is 7. The van der Waals surface area contributed by atoms with E-state index in [0.29, 0.717) is 0 Å². The number of non-ortho nitro benzene ring substituents is 1. The Morgan fingerprint density at radius 3 is 2.50 bits per heavy atom. The molecule has 0 radical (unpaired) electrons. The average Bonchev–Trinajstić information content (AvgIpc) is 2.80. The number of carbonyl (C=O) groups is 3. The summed E-state index contributed by atoms with van der Waals surface area (Å²) in [5.41, 5.74) is -1.01. The Bertz CT molecular complexity index is 1290. The van der Waals surface area contributed by atoms with Gasteiger partial charge in [-0.05, 0) is 43.3 Å². The Hall–Kier alpha value is -4.80. The number of amides is 1. The van der Waals surface area contributed by atoms with Gasteiger partial charge in [-0.25, -0.2) is 14.0 Å². The third-order valence-corrected chi connectivity index (χ3v) is 4.45. The Morgan fingerprint density at radius 2 is 1.82 bits per heavy atom. The predicted molar refractivity (Wildman–Crippen MR) is 117 cm³/mol. The lowest BCUT2D eigenvalue weighted by molar-refractivity contribution is -0.384. The summed E-state index contributed by atoms with van der Waals surface area (Å²) in [5.74, 6) is -3.73. The van der Waals surface area contributed by atoms with Gasteiger partial charge in [0, 0.05) is 23.8 Å². The van der Waals surface area contributed by atoms with Gasteiger partial charge in [0.15, 0.2) is 5.75 Å². The highest BCUT2D eigenvalue weighted by Gasteiger charge is 2.20. The van der Waals surface area contributed by atoms with Gasteiger partial charge in [-0.1, -0.05) is 6.07 Å². The van der Waals surface area contributed by atoms with E-state index < -0.39 is 28.6 Å². The quantitative estimate of drug-likeness (QED) is 0.276. The molecule has 1 amide bonds. The fraction of sp³-hybridized carbons (Fsp3) is 0.0870. The van der Waals surface area contributed by atoms with Gasteiger partial charge in [-0.15, -0.1) is 0 Å². The number of benzene rings is 3. The first-order valence-electron chi connectivity index (χ1n) is 9.77. The van der Waals surface area contributed by atoms with Gasteiger partial charge in [0.25, 0.3) is 11.6 Å². The van der Waals surface area contributed by atoms with Crippen molar-refractivity contribution in [3.05, 3.63) is 93.3 Å². The molecule has 3 rings (SSSR count). The van der Waals surface area contributed by atoms with E-state index in [4.69, 9.17) is 9.47 Å². The van der Waals surface area contributed by atoms with Crippen LogP contribution in [0, 0.1) is 15.9 Å². The number of hydrogen-bond donors (Lipinski definition) is 2. The van der Waals surface area contributed by atoms with Gasteiger partial charge in [0.2, 0.25) is 0 Å². The number of anilines is 1. The summed E-state index contributed by atoms with van der Waals surface area (Å²) in [7, 11) is 0. The van der Waals surface area contributed by atoms with Crippen LogP contribution < -0.4 is 10.1 Å². The van der Waals surface area contributed by atoms with Crippen molar-refractivity contribution in [3.63, 3.8) is 0 Å². The second-order valence-corrected chi connectivity index (χ2v) is 6.74. The monoisotopic (exact) mass is 468 g/mol. The molecule has 10 nitrogen and oxygen atoms in total. The van der Waals surface area contributed by atoms with E-state index in [1.54, 1.807) is 6.92 Å². The number of nitro benzene ring substituents is 1. The van der Waals surface area contributed by atoms with Crippen LogP contribution in [0.15, 0.2) is 60.7 Å². The molecule has 0 heterocycles. The van der Waals surface area contributed by atoms with Crippen molar-refractivity contribution < 1.29 is 38.3 Å². The van der Waals surface area contributed by atoms with Crippen molar-refractivity contribution in [1.82, 2.24) is 0 Å². The number of carboxylic acids is 1. The molecule has 2 N–H and O–H groups in total. The summed E-state index contributed by atoms with van der Waals surface area (Å²) >= 11 is 0. The van der Waals surface area contributed by atoms with Crippen LogP contribution in [0.1, 0.15) is 38.0 Å². The molecule has 0 saturated heterocycles. The molecule has 0 fully saturated rings. The maximum absolute atomic E-state index is 13.9. The number of carbonyl (C=O) groups excluding carboxylic acids is 2. The molecule has 34 heavy (non-hydrogen) atoms. The Kier molecular flexibility index (Phi) is 7.16. The van der Waals surface area contributed by atoms with E-state index in [0.717, 1.165) is 24.3 Å². The van der Waals surface area contributed by atoms with Crippen LogP contribution in [-0.4, -0.2) is 34.5 Å². The van der Waals surface area contributed by atoms with Crippen LogP contribution in [0.3, 0.4) is 0 Å². The Labute approximate surface area is 191 Å². The SMILES string of the molecule is CCOC(=O)c1ccc(Oc2ccc(F)cc2NC(=O)c2cccc([N+](=O)[O-])c2)cc1C(=O)O. The topological polar surface area (TPSA) is 145 Å². The number of esters is 1. The molecular formula is C23H17FN2O8. The number of nitrogens with zero attached hydrogens (tertiary/aromatic N) is 1. The van der Waals surface area contributed by atoms with Gasteiger partial charge in [0.1, 0.15) is 11.6 Å². The van der Waals surface area contributed by atoms with Crippen LogP contribution in [-0.2, 0) is 4.74 Å². The number of ether oxygens (including phenoxy) is 2. The second-order valence-electron chi connectivity index (χ2n) is 6.74. The van der Waals surface area contributed by atoms with E-state index >= 15 is 0 Å². The maximum Gasteiger partial charge on any atom is 0.339 e. The highest BCUT2D eigenvalue weighted by Crippen LogP contribution is 2.32. The van der Waals surface area contributed by atoms with E-state index in [1.807, 2.05) is 0 Å². The molecule has 3 aromatic carbocycles. The van der Waals surface area contributed by atoms with E-state index in [9.17, 15) is 34.0 Å². The number of rotatable bonds is 8. The smallest absolute Gasteiger partial charge is 0.339 e. The summed E-state index contributed by atoms with van der Waals surface area (Å²) in [6, 6.07) is 11.8. The van der Waals surface area contributed by atoms with Gasteiger partial charge >= 0.3 is 11.9 Å². The van der Waals surface area contributed by atoms with Crippen molar-refractivity contribution in [3.8, 4) is 11.5 Å². The average molecular weight is 468 g/mol. The van der Waals surface area contributed by atoms with Crippen molar-refractivity contribution in [2.24, 2.45) is 0 Å². The standard InChI is InChI=1S/C23H17FN2O8/c1-2-33-23(30)17-8-7-16(12-18(17)22(28)29)34-20-9-6-14(24)11-19(20)25-21(27)13-4-3-5-15(10-13)26(31)32/h3-12H,2H2,1H3,(H,25,27)(H,28,29). The number of nitro groups is 1. The van der Waals surface area contributed by atoms with E-state index in [2.05, 4.69) is 5.32 Å².